The molecule has 0 saturated heterocycles. The van der Waals surface area contributed by atoms with Crippen molar-refractivity contribution in [3.05, 3.63) is 64.8 Å². The second-order valence-corrected chi connectivity index (χ2v) is 5.43. The minimum Gasteiger partial charge on any atom is -0.381 e. The average Bonchev–Trinajstić information content (AvgIpc) is 2.84. The van der Waals surface area contributed by atoms with Crippen LogP contribution in [-0.2, 0) is 6.54 Å². The zero-order valence-electron chi connectivity index (χ0n) is 10.6. The van der Waals surface area contributed by atoms with E-state index >= 15 is 0 Å². The Balaban J connectivity index is 1.84. The molecule has 0 aliphatic carbocycles. The first-order valence-electron chi connectivity index (χ1n) is 6.20. The van der Waals surface area contributed by atoms with Crippen molar-refractivity contribution in [2.75, 3.05) is 5.32 Å². The normalized spacial score (nSPS) is 10.8. The van der Waals surface area contributed by atoms with Crippen LogP contribution in [0, 0.1) is 12.7 Å². The molecule has 0 radical (unpaired) electrons. The Morgan fingerprint density at radius 2 is 1.95 bits per heavy atom. The molecule has 1 N–H and O–H groups in total. The zero-order valence-corrected chi connectivity index (χ0v) is 11.4. The molecule has 1 aromatic heterocycles. The van der Waals surface area contributed by atoms with Crippen molar-refractivity contribution in [2.45, 2.75) is 13.5 Å². The largest absolute Gasteiger partial charge is 0.381 e. The fourth-order valence-corrected chi connectivity index (χ4v) is 3.12. The number of anilines is 1. The fraction of sp³-hybridized carbons (Fsp3) is 0.125. The lowest BCUT2D eigenvalue weighted by Crippen LogP contribution is -2.01. The van der Waals surface area contributed by atoms with E-state index in [0.717, 1.165) is 5.69 Å². The quantitative estimate of drug-likeness (QED) is 0.710. The SMILES string of the molecule is Cc1c(F)cccc1NCc1csc2ccccc12. The summed E-state index contributed by atoms with van der Waals surface area (Å²) < 4.78 is 14.7. The Hall–Kier alpha value is -1.87. The summed E-state index contributed by atoms with van der Waals surface area (Å²) in [5.74, 6) is -0.167. The summed E-state index contributed by atoms with van der Waals surface area (Å²) in [5, 5.41) is 6.75. The molecule has 3 heteroatoms. The Morgan fingerprint density at radius 3 is 2.84 bits per heavy atom. The number of rotatable bonds is 3. The molecule has 0 bridgehead atoms. The van der Waals surface area contributed by atoms with E-state index < -0.39 is 0 Å². The van der Waals surface area contributed by atoms with E-state index in [9.17, 15) is 4.39 Å². The van der Waals surface area contributed by atoms with Gasteiger partial charge in [0.2, 0.25) is 0 Å². The average molecular weight is 271 g/mol. The minimum atomic E-state index is -0.167. The van der Waals surface area contributed by atoms with Gasteiger partial charge in [0.15, 0.2) is 0 Å². The Labute approximate surface area is 115 Å². The maximum atomic E-state index is 13.5. The number of hydrogen-bond acceptors (Lipinski definition) is 2. The van der Waals surface area contributed by atoms with Gasteiger partial charge in [0.25, 0.3) is 0 Å². The van der Waals surface area contributed by atoms with Gasteiger partial charge in [-0.25, -0.2) is 4.39 Å². The number of hydrogen-bond donors (Lipinski definition) is 1. The fourth-order valence-electron chi connectivity index (χ4n) is 2.16. The van der Waals surface area contributed by atoms with Crippen molar-refractivity contribution < 1.29 is 4.39 Å². The van der Waals surface area contributed by atoms with E-state index in [1.807, 2.05) is 18.2 Å². The molecular weight excluding hydrogens is 257 g/mol. The van der Waals surface area contributed by atoms with Crippen LogP contribution >= 0.6 is 11.3 Å². The molecule has 0 saturated carbocycles. The van der Waals surface area contributed by atoms with E-state index in [4.69, 9.17) is 0 Å². The molecule has 0 aliphatic heterocycles. The highest BCUT2D eigenvalue weighted by Gasteiger charge is 2.05. The van der Waals surface area contributed by atoms with Gasteiger partial charge < -0.3 is 5.32 Å². The molecule has 0 atom stereocenters. The lowest BCUT2D eigenvalue weighted by Gasteiger charge is -2.09. The topological polar surface area (TPSA) is 12.0 Å². The van der Waals surface area contributed by atoms with Crippen molar-refractivity contribution in [1.29, 1.82) is 0 Å². The molecule has 0 unspecified atom stereocenters. The van der Waals surface area contributed by atoms with Crippen LogP contribution in [0.5, 0.6) is 0 Å². The molecular formula is C16H14FNS. The Bertz CT molecular complexity index is 718. The predicted molar refractivity (Wildman–Crippen MR) is 80.3 cm³/mol. The zero-order chi connectivity index (χ0) is 13.2. The molecule has 0 spiro atoms. The van der Waals surface area contributed by atoms with Crippen LogP contribution in [0.15, 0.2) is 47.8 Å². The van der Waals surface area contributed by atoms with E-state index in [1.54, 1.807) is 24.3 Å². The second-order valence-electron chi connectivity index (χ2n) is 4.52. The molecule has 96 valence electrons. The number of halogens is 1. The number of fused-ring (bicyclic) bond motifs is 1. The van der Waals surface area contributed by atoms with Gasteiger partial charge in [0.05, 0.1) is 0 Å². The van der Waals surface area contributed by atoms with Crippen LogP contribution in [-0.4, -0.2) is 0 Å². The third-order valence-corrected chi connectivity index (χ3v) is 4.31. The van der Waals surface area contributed by atoms with Crippen LogP contribution < -0.4 is 5.32 Å². The third-order valence-electron chi connectivity index (χ3n) is 3.30. The molecule has 3 rings (SSSR count). The van der Waals surface area contributed by atoms with Crippen molar-refractivity contribution in [2.24, 2.45) is 0 Å². The lowest BCUT2D eigenvalue weighted by atomic mass is 10.1. The summed E-state index contributed by atoms with van der Waals surface area (Å²) in [6, 6.07) is 13.5. The van der Waals surface area contributed by atoms with Gasteiger partial charge in [0.1, 0.15) is 5.82 Å². The molecule has 1 heterocycles. The Kier molecular flexibility index (Phi) is 3.22. The van der Waals surface area contributed by atoms with Gasteiger partial charge in [-0.3, -0.25) is 0 Å². The molecule has 0 fully saturated rings. The number of benzene rings is 2. The summed E-state index contributed by atoms with van der Waals surface area (Å²) in [6.07, 6.45) is 0. The highest BCUT2D eigenvalue weighted by atomic mass is 32.1. The summed E-state index contributed by atoms with van der Waals surface area (Å²) in [4.78, 5) is 0. The maximum Gasteiger partial charge on any atom is 0.128 e. The highest BCUT2D eigenvalue weighted by Crippen LogP contribution is 2.27. The maximum absolute atomic E-state index is 13.5. The van der Waals surface area contributed by atoms with Crippen LogP contribution in [0.1, 0.15) is 11.1 Å². The second kappa shape index (κ2) is 5.02. The first-order valence-corrected chi connectivity index (χ1v) is 7.08. The standard InChI is InChI=1S/C16H14FNS/c1-11-14(17)6-4-7-15(11)18-9-12-10-19-16-8-3-2-5-13(12)16/h2-8,10,18H,9H2,1H3. The van der Waals surface area contributed by atoms with Crippen molar-refractivity contribution in [1.82, 2.24) is 0 Å². The summed E-state index contributed by atoms with van der Waals surface area (Å²) in [6.45, 7) is 2.51. The van der Waals surface area contributed by atoms with Crippen molar-refractivity contribution in [3.63, 3.8) is 0 Å². The summed E-state index contributed by atoms with van der Waals surface area (Å²) in [7, 11) is 0. The minimum absolute atomic E-state index is 0.167. The van der Waals surface area contributed by atoms with Crippen molar-refractivity contribution in [3.8, 4) is 0 Å². The summed E-state index contributed by atoms with van der Waals surface area (Å²) in [5.41, 5.74) is 2.78. The molecule has 0 amide bonds. The number of nitrogens with one attached hydrogen (secondary N) is 1. The van der Waals surface area contributed by atoms with Gasteiger partial charge in [-0.05, 0) is 41.5 Å². The van der Waals surface area contributed by atoms with Gasteiger partial charge >= 0.3 is 0 Å². The molecule has 3 aromatic rings. The van der Waals surface area contributed by atoms with Crippen molar-refractivity contribution >= 4 is 27.1 Å². The Morgan fingerprint density at radius 1 is 1.11 bits per heavy atom. The van der Waals surface area contributed by atoms with Crippen LogP contribution in [0.2, 0.25) is 0 Å². The van der Waals surface area contributed by atoms with E-state index in [2.05, 4.69) is 22.8 Å². The highest BCUT2D eigenvalue weighted by molar-refractivity contribution is 7.17. The van der Waals surface area contributed by atoms with E-state index in [1.165, 1.54) is 21.7 Å². The predicted octanol–water partition coefficient (Wildman–Crippen LogP) is 4.96. The lowest BCUT2D eigenvalue weighted by molar-refractivity contribution is 0.619. The molecule has 2 aromatic carbocycles. The van der Waals surface area contributed by atoms with Crippen LogP contribution in [0.3, 0.4) is 0 Å². The first-order chi connectivity index (χ1) is 9.25. The van der Waals surface area contributed by atoms with E-state index in [0.29, 0.717) is 12.1 Å². The van der Waals surface area contributed by atoms with Crippen LogP contribution in [0.4, 0.5) is 10.1 Å². The first kappa shape index (κ1) is 12.2. The van der Waals surface area contributed by atoms with E-state index in [-0.39, 0.29) is 5.82 Å². The molecule has 1 nitrogen and oxygen atoms in total. The van der Waals surface area contributed by atoms with Gasteiger partial charge in [-0.1, -0.05) is 24.3 Å². The van der Waals surface area contributed by atoms with Gasteiger partial charge in [0, 0.05) is 22.5 Å². The van der Waals surface area contributed by atoms with Gasteiger partial charge in [-0.2, -0.15) is 0 Å². The monoisotopic (exact) mass is 271 g/mol. The third kappa shape index (κ3) is 2.34. The molecule has 0 aliphatic rings. The van der Waals surface area contributed by atoms with Gasteiger partial charge in [-0.15, -0.1) is 11.3 Å². The van der Waals surface area contributed by atoms with Crippen LogP contribution in [0.25, 0.3) is 10.1 Å². The molecule has 19 heavy (non-hydrogen) atoms. The summed E-state index contributed by atoms with van der Waals surface area (Å²) >= 11 is 1.74. The number of thiophene rings is 1. The smallest absolute Gasteiger partial charge is 0.128 e.